The summed E-state index contributed by atoms with van der Waals surface area (Å²) in [5.74, 6) is -0.993. The van der Waals surface area contributed by atoms with Crippen LogP contribution in [-0.4, -0.2) is 28.0 Å². The zero-order chi connectivity index (χ0) is 18.4. The molecule has 0 saturated carbocycles. The van der Waals surface area contributed by atoms with Crippen molar-refractivity contribution in [3.8, 4) is 11.4 Å². The first-order valence-corrected chi connectivity index (χ1v) is 7.97. The van der Waals surface area contributed by atoms with Gasteiger partial charge in [-0.05, 0) is 31.2 Å². The van der Waals surface area contributed by atoms with E-state index in [1.807, 2.05) is 30.3 Å². The fourth-order valence-electron chi connectivity index (χ4n) is 2.17. The van der Waals surface area contributed by atoms with E-state index in [0.29, 0.717) is 0 Å². The summed E-state index contributed by atoms with van der Waals surface area (Å²) in [5.41, 5.74) is 4.00. The Labute approximate surface area is 149 Å². The number of benzene rings is 2. The number of nitrogens with one attached hydrogen (secondary N) is 1. The molecule has 1 N–H and O–H groups in total. The predicted octanol–water partition coefficient (Wildman–Crippen LogP) is 2.93. The molecular formula is C19H17FN4O2. The van der Waals surface area contributed by atoms with Crippen LogP contribution in [0, 0.1) is 5.82 Å². The summed E-state index contributed by atoms with van der Waals surface area (Å²) >= 11 is 0. The molecule has 6 nitrogen and oxygen atoms in total. The van der Waals surface area contributed by atoms with Gasteiger partial charge in [-0.15, -0.1) is 0 Å². The monoisotopic (exact) mass is 352 g/mol. The molecule has 3 aromatic rings. The van der Waals surface area contributed by atoms with E-state index >= 15 is 0 Å². The Balaban J connectivity index is 1.56. The van der Waals surface area contributed by atoms with E-state index in [-0.39, 0.29) is 5.75 Å². The number of nitrogens with zero attached hydrogens (tertiary/aromatic N) is 3. The van der Waals surface area contributed by atoms with Gasteiger partial charge in [-0.3, -0.25) is 4.79 Å². The van der Waals surface area contributed by atoms with Crippen molar-refractivity contribution in [2.24, 2.45) is 5.10 Å². The second-order valence-electron chi connectivity index (χ2n) is 5.48. The van der Waals surface area contributed by atoms with Gasteiger partial charge >= 0.3 is 0 Å². The third kappa shape index (κ3) is 4.32. The molecule has 0 spiro atoms. The lowest BCUT2D eigenvalue weighted by Gasteiger charge is -2.13. The highest BCUT2D eigenvalue weighted by Crippen LogP contribution is 2.16. The lowest BCUT2D eigenvalue weighted by Crippen LogP contribution is -2.33. The minimum atomic E-state index is -0.893. The summed E-state index contributed by atoms with van der Waals surface area (Å²) in [7, 11) is 0. The molecule has 0 radical (unpaired) electrons. The zero-order valence-electron chi connectivity index (χ0n) is 14.0. The zero-order valence-corrected chi connectivity index (χ0v) is 14.0. The molecule has 1 heterocycles. The van der Waals surface area contributed by atoms with Crippen molar-refractivity contribution in [2.75, 3.05) is 0 Å². The minimum absolute atomic E-state index is 0.0169. The SMILES string of the molecule is C[C@H](Oc1ccccc1F)C(=O)N/N=C\c1cnn(-c2ccccc2)c1. The van der Waals surface area contributed by atoms with E-state index in [2.05, 4.69) is 15.6 Å². The van der Waals surface area contributed by atoms with Crippen LogP contribution >= 0.6 is 0 Å². The number of carbonyl (C=O) groups excluding carboxylic acids is 1. The summed E-state index contributed by atoms with van der Waals surface area (Å²) < 4.78 is 20.5. The van der Waals surface area contributed by atoms with E-state index in [0.717, 1.165) is 11.3 Å². The van der Waals surface area contributed by atoms with Gasteiger partial charge in [0.15, 0.2) is 17.7 Å². The number of hydrogen-bond donors (Lipinski definition) is 1. The molecule has 132 valence electrons. The van der Waals surface area contributed by atoms with Gasteiger partial charge in [0, 0.05) is 11.8 Å². The van der Waals surface area contributed by atoms with Gasteiger partial charge in [-0.25, -0.2) is 14.5 Å². The Bertz CT molecular complexity index is 909. The molecule has 1 amide bonds. The number of halogens is 1. The second kappa shape index (κ2) is 8.06. The highest BCUT2D eigenvalue weighted by atomic mass is 19.1. The molecule has 0 aliphatic carbocycles. The van der Waals surface area contributed by atoms with Crippen molar-refractivity contribution in [2.45, 2.75) is 13.0 Å². The first-order chi connectivity index (χ1) is 12.6. The van der Waals surface area contributed by atoms with E-state index in [9.17, 15) is 9.18 Å². The van der Waals surface area contributed by atoms with Crippen LogP contribution in [0.1, 0.15) is 12.5 Å². The molecule has 0 unspecified atom stereocenters. The molecule has 26 heavy (non-hydrogen) atoms. The number of amides is 1. The van der Waals surface area contributed by atoms with Gasteiger partial charge in [0.05, 0.1) is 18.1 Å². The number of para-hydroxylation sites is 2. The fourth-order valence-corrected chi connectivity index (χ4v) is 2.17. The Hall–Kier alpha value is -3.48. The Morgan fingerprint density at radius 2 is 1.96 bits per heavy atom. The van der Waals surface area contributed by atoms with Crippen LogP contribution < -0.4 is 10.2 Å². The molecule has 0 bridgehead atoms. The summed E-state index contributed by atoms with van der Waals surface area (Å²) in [4.78, 5) is 12.0. The first kappa shape index (κ1) is 17.3. The van der Waals surface area contributed by atoms with E-state index in [1.165, 1.54) is 25.3 Å². The molecular weight excluding hydrogens is 335 g/mol. The van der Waals surface area contributed by atoms with Gasteiger partial charge in [0.25, 0.3) is 5.91 Å². The summed E-state index contributed by atoms with van der Waals surface area (Å²) in [5, 5.41) is 8.11. The van der Waals surface area contributed by atoms with Crippen LogP contribution in [0.4, 0.5) is 4.39 Å². The average Bonchev–Trinajstić information content (AvgIpc) is 3.13. The first-order valence-electron chi connectivity index (χ1n) is 7.97. The third-order valence-corrected chi connectivity index (χ3v) is 3.52. The molecule has 0 fully saturated rings. The Kier molecular flexibility index (Phi) is 5.38. The van der Waals surface area contributed by atoms with Crippen LogP contribution in [-0.2, 0) is 4.79 Å². The maximum absolute atomic E-state index is 13.5. The van der Waals surface area contributed by atoms with Gasteiger partial charge in [0.1, 0.15) is 0 Å². The molecule has 0 aliphatic rings. The smallest absolute Gasteiger partial charge is 0.280 e. The van der Waals surface area contributed by atoms with Crippen LogP contribution in [0.25, 0.3) is 5.69 Å². The normalized spacial score (nSPS) is 12.1. The van der Waals surface area contributed by atoms with Gasteiger partial charge < -0.3 is 4.74 Å². The summed E-state index contributed by atoms with van der Waals surface area (Å²) in [6.45, 7) is 1.52. The quantitative estimate of drug-likeness (QED) is 0.548. The van der Waals surface area contributed by atoms with Crippen LogP contribution in [0.3, 0.4) is 0 Å². The van der Waals surface area contributed by atoms with Gasteiger partial charge in [-0.2, -0.15) is 10.2 Å². The molecule has 7 heteroatoms. The predicted molar refractivity (Wildman–Crippen MR) is 95.8 cm³/mol. The van der Waals surface area contributed by atoms with Crippen molar-refractivity contribution >= 4 is 12.1 Å². The number of ether oxygens (including phenoxy) is 1. The standard InChI is InChI=1S/C19H17FN4O2/c1-14(26-18-10-6-5-9-17(18)20)19(25)23-21-11-15-12-22-24(13-15)16-7-3-2-4-8-16/h2-14H,1H3,(H,23,25)/b21-11-/t14-/m0/s1. The van der Waals surface area contributed by atoms with Crippen molar-refractivity contribution < 1.29 is 13.9 Å². The maximum Gasteiger partial charge on any atom is 0.280 e. The average molecular weight is 352 g/mol. The molecule has 1 aromatic heterocycles. The van der Waals surface area contributed by atoms with Crippen molar-refractivity contribution in [3.05, 3.63) is 78.4 Å². The molecule has 3 rings (SSSR count). The highest BCUT2D eigenvalue weighted by molar-refractivity contribution is 5.84. The minimum Gasteiger partial charge on any atom is -0.478 e. The van der Waals surface area contributed by atoms with Crippen LogP contribution in [0.2, 0.25) is 0 Å². The van der Waals surface area contributed by atoms with Crippen molar-refractivity contribution in [1.82, 2.24) is 15.2 Å². The van der Waals surface area contributed by atoms with Gasteiger partial charge in [-0.1, -0.05) is 30.3 Å². The molecule has 1 atom stereocenters. The summed E-state index contributed by atoms with van der Waals surface area (Å²) in [6.07, 6.45) is 3.99. The van der Waals surface area contributed by atoms with Crippen LogP contribution in [0.5, 0.6) is 5.75 Å². The second-order valence-corrected chi connectivity index (χ2v) is 5.48. The van der Waals surface area contributed by atoms with E-state index in [1.54, 1.807) is 29.2 Å². The molecule has 0 aliphatic heterocycles. The van der Waals surface area contributed by atoms with E-state index < -0.39 is 17.8 Å². The van der Waals surface area contributed by atoms with Gasteiger partial charge in [0.2, 0.25) is 0 Å². The van der Waals surface area contributed by atoms with Crippen molar-refractivity contribution in [3.63, 3.8) is 0 Å². The summed E-state index contributed by atoms with van der Waals surface area (Å²) in [6, 6.07) is 15.5. The largest absolute Gasteiger partial charge is 0.478 e. The Morgan fingerprint density at radius 1 is 1.23 bits per heavy atom. The van der Waals surface area contributed by atoms with Crippen molar-refractivity contribution in [1.29, 1.82) is 0 Å². The Morgan fingerprint density at radius 3 is 2.73 bits per heavy atom. The topological polar surface area (TPSA) is 68.5 Å². The molecule has 2 aromatic carbocycles. The number of rotatable bonds is 6. The van der Waals surface area contributed by atoms with Crippen LogP contribution in [0.15, 0.2) is 72.1 Å². The fraction of sp³-hybridized carbons (Fsp3) is 0.105. The van der Waals surface area contributed by atoms with E-state index in [4.69, 9.17) is 4.74 Å². The number of carbonyl (C=O) groups is 1. The molecule has 0 saturated heterocycles. The lowest BCUT2D eigenvalue weighted by molar-refractivity contribution is -0.127. The highest BCUT2D eigenvalue weighted by Gasteiger charge is 2.15. The third-order valence-electron chi connectivity index (χ3n) is 3.52. The maximum atomic E-state index is 13.5. The lowest BCUT2D eigenvalue weighted by atomic mass is 10.3. The number of hydrogen-bond acceptors (Lipinski definition) is 4. The number of aromatic nitrogens is 2. The number of hydrazone groups is 1.